The van der Waals surface area contributed by atoms with Gasteiger partial charge in [0.05, 0.1) is 0 Å². The van der Waals surface area contributed by atoms with E-state index in [0.29, 0.717) is 37.2 Å². The van der Waals surface area contributed by atoms with Crippen molar-refractivity contribution >= 4 is 17.5 Å². The van der Waals surface area contributed by atoms with Gasteiger partial charge in [-0.25, -0.2) is 4.99 Å². The summed E-state index contributed by atoms with van der Waals surface area (Å²) in [7, 11) is 0. The Kier molecular flexibility index (Phi) is 6.90. The first-order chi connectivity index (χ1) is 12.3. The molecule has 1 aliphatic rings. The van der Waals surface area contributed by atoms with E-state index >= 15 is 0 Å². The fourth-order valence-corrected chi connectivity index (χ4v) is 2.47. The monoisotopic (exact) mass is 368 g/mol. The number of halogens is 3. The number of hydrogen-bond donors (Lipinski definition) is 1. The predicted octanol–water partition coefficient (Wildman–Crippen LogP) is 2.91. The van der Waals surface area contributed by atoms with Crippen LogP contribution in [0.5, 0.6) is 0 Å². The topological polar surface area (TPSA) is 57.1 Å². The van der Waals surface area contributed by atoms with Crippen molar-refractivity contribution in [2.24, 2.45) is 9.98 Å². The molecule has 0 unspecified atom stereocenters. The number of piperazine rings is 1. The highest BCUT2D eigenvalue weighted by Gasteiger charge is 2.32. The molecule has 8 heteroatoms. The first-order valence-corrected chi connectivity index (χ1v) is 8.60. The van der Waals surface area contributed by atoms with Gasteiger partial charge in [0, 0.05) is 43.9 Å². The molecule has 142 valence electrons. The number of amides is 1. The number of carbonyl (C=O) groups is 1. The van der Waals surface area contributed by atoms with E-state index < -0.39 is 11.9 Å². The van der Waals surface area contributed by atoms with E-state index in [1.807, 2.05) is 6.92 Å². The predicted molar refractivity (Wildman–Crippen MR) is 96.1 cm³/mol. The number of hydrogen-bond acceptors (Lipinski definition) is 3. The third-order valence-corrected chi connectivity index (χ3v) is 3.94. The maximum absolute atomic E-state index is 12.8. The molecule has 1 heterocycles. The quantitative estimate of drug-likeness (QED) is 0.656. The molecule has 1 N–H and O–H groups in total. The van der Waals surface area contributed by atoms with Crippen LogP contribution in [0.25, 0.3) is 0 Å². The van der Waals surface area contributed by atoms with Crippen molar-refractivity contribution in [3.05, 3.63) is 35.4 Å². The fourth-order valence-electron chi connectivity index (χ4n) is 2.47. The minimum atomic E-state index is -4.51. The Hall–Kier alpha value is -2.22. The van der Waals surface area contributed by atoms with Gasteiger partial charge in [-0.1, -0.05) is 19.1 Å². The van der Waals surface area contributed by atoms with Crippen molar-refractivity contribution < 1.29 is 18.0 Å². The van der Waals surface area contributed by atoms with Crippen LogP contribution in [0.4, 0.5) is 13.2 Å². The van der Waals surface area contributed by atoms with E-state index in [9.17, 15) is 18.0 Å². The smallest absolute Gasteiger partial charge is 0.336 e. The third kappa shape index (κ3) is 5.39. The first kappa shape index (κ1) is 20.1. The van der Waals surface area contributed by atoms with Crippen molar-refractivity contribution in [1.29, 1.82) is 0 Å². The zero-order valence-electron chi connectivity index (χ0n) is 14.9. The molecule has 1 aliphatic heterocycles. The molecular formula is C18H23F3N4O. The molecule has 0 saturated carbocycles. The highest BCUT2D eigenvalue weighted by molar-refractivity contribution is 6.08. The van der Waals surface area contributed by atoms with Crippen LogP contribution in [0, 0.1) is 0 Å². The van der Waals surface area contributed by atoms with Gasteiger partial charge in [-0.05, 0) is 25.5 Å². The Morgan fingerprint density at radius 1 is 1.23 bits per heavy atom. The average molecular weight is 368 g/mol. The van der Waals surface area contributed by atoms with Gasteiger partial charge in [0.25, 0.3) is 5.91 Å². The highest BCUT2D eigenvalue weighted by atomic mass is 19.4. The van der Waals surface area contributed by atoms with Crippen LogP contribution in [-0.4, -0.2) is 61.3 Å². The fraction of sp³-hybridized carbons (Fsp3) is 0.500. The summed E-state index contributed by atoms with van der Waals surface area (Å²) in [6.07, 6.45) is -3.83. The van der Waals surface area contributed by atoms with Crippen molar-refractivity contribution in [3.8, 4) is 0 Å². The molecule has 2 rings (SSSR count). The summed E-state index contributed by atoms with van der Waals surface area (Å²) >= 11 is 0. The highest BCUT2D eigenvalue weighted by Crippen LogP contribution is 2.19. The van der Waals surface area contributed by atoms with Gasteiger partial charge < -0.3 is 10.2 Å². The van der Waals surface area contributed by atoms with Crippen LogP contribution in [0.2, 0.25) is 0 Å². The van der Waals surface area contributed by atoms with Gasteiger partial charge in [0.15, 0.2) is 5.84 Å². The van der Waals surface area contributed by atoms with Gasteiger partial charge >= 0.3 is 6.18 Å². The summed E-state index contributed by atoms with van der Waals surface area (Å²) in [5.74, 6) is -0.142. The van der Waals surface area contributed by atoms with E-state index in [4.69, 9.17) is 0 Å². The lowest BCUT2D eigenvalue weighted by atomic mass is 10.1. The van der Waals surface area contributed by atoms with E-state index in [2.05, 4.69) is 15.3 Å². The van der Waals surface area contributed by atoms with Crippen LogP contribution >= 0.6 is 0 Å². The summed E-state index contributed by atoms with van der Waals surface area (Å²) < 4.78 is 38.5. The number of nitrogens with one attached hydrogen (secondary N) is 1. The SMILES string of the molecule is CCCN=C(N=C(C)C(F)(F)F)c1cccc(C(=O)N2CCNCC2)c1. The minimum Gasteiger partial charge on any atom is -0.336 e. The molecule has 1 fully saturated rings. The van der Waals surface area contributed by atoms with E-state index in [-0.39, 0.29) is 11.7 Å². The van der Waals surface area contributed by atoms with Gasteiger partial charge in [-0.2, -0.15) is 13.2 Å². The number of carbonyl (C=O) groups excluding carboxylic acids is 1. The molecule has 0 aromatic heterocycles. The number of alkyl halides is 3. The number of rotatable bonds is 4. The lowest BCUT2D eigenvalue weighted by molar-refractivity contribution is -0.0590. The summed E-state index contributed by atoms with van der Waals surface area (Å²) in [4.78, 5) is 22.2. The second-order valence-electron chi connectivity index (χ2n) is 6.02. The molecule has 0 radical (unpaired) electrons. The van der Waals surface area contributed by atoms with Crippen molar-refractivity contribution in [2.45, 2.75) is 26.4 Å². The molecular weight excluding hydrogens is 345 g/mol. The molecule has 0 atom stereocenters. The third-order valence-electron chi connectivity index (χ3n) is 3.94. The Morgan fingerprint density at radius 2 is 1.88 bits per heavy atom. The van der Waals surface area contributed by atoms with Crippen LogP contribution < -0.4 is 5.32 Å². The second-order valence-corrected chi connectivity index (χ2v) is 6.02. The lowest BCUT2D eigenvalue weighted by Gasteiger charge is -2.27. The van der Waals surface area contributed by atoms with Crippen molar-refractivity contribution in [2.75, 3.05) is 32.7 Å². The van der Waals surface area contributed by atoms with Gasteiger partial charge in [-0.15, -0.1) is 0 Å². The second kappa shape index (κ2) is 8.93. The maximum atomic E-state index is 12.8. The Balaban J connectivity index is 2.33. The van der Waals surface area contributed by atoms with Crippen LogP contribution in [0.3, 0.4) is 0 Å². The largest absolute Gasteiger partial charge is 0.429 e. The molecule has 1 amide bonds. The zero-order chi connectivity index (χ0) is 19.2. The maximum Gasteiger partial charge on any atom is 0.429 e. The zero-order valence-corrected chi connectivity index (χ0v) is 14.9. The molecule has 0 aliphatic carbocycles. The summed E-state index contributed by atoms with van der Waals surface area (Å²) in [6, 6.07) is 6.48. The first-order valence-electron chi connectivity index (χ1n) is 8.60. The molecule has 0 bridgehead atoms. The van der Waals surface area contributed by atoms with E-state index in [1.54, 1.807) is 29.2 Å². The summed E-state index contributed by atoms with van der Waals surface area (Å²) in [5, 5.41) is 3.17. The van der Waals surface area contributed by atoms with Crippen molar-refractivity contribution in [1.82, 2.24) is 10.2 Å². The Labute approximate surface area is 151 Å². The van der Waals surface area contributed by atoms with E-state index in [1.165, 1.54) is 0 Å². The summed E-state index contributed by atoms with van der Waals surface area (Å²) in [5.41, 5.74) is -0.136. The molecule has 1 aromatic carbocycles. The molecule has 5 nitrogen and oxygen atoms in total. The Bertz CT molecular complexity index is 692. The molecule has 26 heavy (non-hydrogen) atoms. The van der Waals surface area contributed by atoms with Gasteiger partial charge in [-0.3, -0.25) is 9.79 Å². The number of nitrogens with zero attached hydrogens (tertiary/aromatic N) is 3. The summed E-state index contributed by atoms with van der Waals surface area (Å²) in [6.45, 7) is 5.81. The van der Waals surface area contributed by atoms with Gasteiger partial charge in [0.2, 0.25) is 0 Å². The average Bonchev–Trinajstić information content (AvgIpc) is 2.64. The van der Waals surface area contributed by atoms with Gasteiger partial charge in [0.1, 0.15) is 5.71 Å². The molecule has 1 saturated heterocycles. The standard InChI is InChI=1S/C18H23F3N4O/c1-3-7-23-16(24-13(2)18(19,20)21)14-5-4-6-15(12-14)17(26)25-10-8-22-9-11-25/h4-6,12,22H,3,7-11H2,1-2H3. The van der Waals surface area contributed by atoms with Crippen LogP contribution in [0.15, 0.2) is 34.3 Å². The van der Waals surface area contributed by atoms with Crippen molar-refractivity contribution in [3.63, 3.8) is 0 Å². The van der Waals surface area contributed by atoms with Crippen LogP contribution in [-0.2, 0) is 0 Å². The van der Waals surface area contributed by atoms with Crippen LogP contribution in [0.1, 0.15) is 36.2 Å². The minimum absolute atomic E-state index is 0.00311. The number of amidine groups is 1. The lowest BCUT2D eigenvalue weighted by Crippen LogP contribution is -2.46. The number of benzene rings is 1. The number of aliphatic imine (C=N–C) groups is 2. The molecule has 0 spiro atoms. The molecule has 1 aromatic rings. The van der Waals surface area contributed by atoms with E-state index in [0.717, 1.165) is 20.0 Å². The normalized spacial score (nSPS) is 16.7. The Morgan fingerprint density at radius 3 is 2.50 bits per heavy atom.